The zero-order chi connectivity index (χ0) is 13.1. The Bertz CT molecular complexity index is 600. The SMILES string of the molecule is CCOc1cc(C)ccc1-n1nc(OC)oc1=O. The molecule has 2 aromatic rings. The minimum Gasteiger partial charge on any atom is -0.492 e. The molecule has 1 aromatic carbocycles. The highest BCUT2D eigenvalue weighted by atomic mass is 16.6. The Hall–Kier alpha value is -2.24. The Morgan fingerprint density at radius 1 is 1.44 bits per heavy atom. The Labute approximate surface area is 104 Å². The number of hydrogen-bond donors (Lipinski definition) is 0. The van der Waals surface area contributed by atoms with Crippen molar-refractivity contribution < 1.29 is 13.9 Å². The molecule has 1 aromatic heterocycles. The van der Waals surface area contributed by atoms with Crippen LogP contribution in [0.3, 0.4) is 0 Å². The molecule has 0 unspecified atom stereocenters. The van der Waals surface area contributed by atoms with Gasteiger partial charge in [-0.2, -0.15) is 4.68 Å². The topological polar surface area (TPSA) is 66.5 Å². The van der Waals surface area contributed by atoms with Crippen LogP contribution < -0.4 is 15.2 Å². The number of benzene rings is 1. The molecule has 0 fully saturated rings. The fraction of sp³-hybridized carbons (Fsp3) is 0.333. The van der Waals surface area contributed by atoms with E-state index in [1.54, 1.807) is 6.07 Å². The quantitative estimate of drug-likeness (QED) is 0.823. The third-order valence-corrected chi connectivity index (χ3v) is 2.35. The molecule has 0 aliphatic heterocycles. The van der Waals surface area contributed by atoms with Crippen molar-refractivity contribution >= 4 is 0 Å². The third kappa shape index (κ3) is 2.22. The molecule has 0 spiro atoms. The van der Waals surface area contributed by atoms with Gasteiger partial charge < -0.3 is 13.9 Å². The maximum Gasteiger partial charge on any atom is 0.444 e. The number of aryl methyl sites for hydroxylation is 1. The zero-order valence-electron chi connectivity index (χ0n) is 10.5. The van der Waals surface area contributed by atoms with Crippen molar-refractivity contribution in [1.82, 2.24) is 9.78 Å². The predicted octanol–water partition coefficient (Wildman–Crippen LogP) is 1.54. The van der Waals surface area contributed by atoms with Crippen LogP contribution in [0.2, 0.25) is 0 Å². The molecule has 0 bridgehead atoms. The Kier molecular flexibility index (Phi) is 3.36. The fourth-order valence-corrected chi connectivity index (χ4v) is 1.56. The molecule has 6 heteroatoms. The molecule has 0 saturated carbocycles. The van der Waals surface area contributed by atoms with Gasteiger partial charge in [0.05, 0.1) is 13.7 Å². The average molecular weight is 250 g/mol. The number of nitrogens with zero attached hydrogens (tertiary/aromatic N) is 2. The monoisotopic (exact) mass is 250 g/mol. The molecule has 1 heterocycles. The van der Waals surface area contributed by atoms with E-state index >= 15 is 0 Å². The molecule has 18 heavy (non-hydrogen) atoms. The molecule has 0 aliphatic carbocycles. The van der Waals surface area contributed by atoms with E-state index in [2.05, 4.69) is 5.10 Å². The molecule has 0 saturated heterocycles. The third-order valence-electron chi connectivity index (χ3n) is 2.35. The lowest BCUT2D eigenvalue weighted by Crippen LogP contribution is -2.14. The largest absolute Gasteiger partial charge is 0.492 e. The van der Waals surface area contributed by atoms with Gasteiger partial charge in [0.15, 0.2) is 0 Å². The van der Waals surface area contributed by atoms with Crippen molar-refractivity contribution in [2.75, 3.05) is 13.7 Å². The molecule has 0 N–H and O–H groups in total. The van der Waals surface area contributed by atoms with Crippen LogP contribution in [0.1, 0.15) is 12.5 Å². The van der Waals surface area contributed by atoms with E-state index in [-0.39, 0.29) is 6.08 Å². The highest BCUT2D eigenvalue weighted by Gasteiger charge is 2.14. The molecular formula is C12H14N2O4. The van der Waals surface area contributed by atoms with Crippen LogP contribution in [0.15, 0.2) is 27.4 Å². The van der Waals surface area contributed by atoms with Crippen molar-refractivity contribution in [2.24, 2.45) is 0 Å². The van der Waals surface area contributed by atoms with E-state index in [4.69, 9.17) is 13.9 Å². The van der Waals surface area contributed by atoms with Crippen LogP contribution in [0.4, 0.5) is 0 Å². The lowest BCUT2D eigenvalue weighted by atomic mass is 10.2. The first-order valence-electron chi connectivity index (χ1n) is 5.53. The normalized spacial score (nSPS) is 10.4. The van der Waals surface area contributed by atoms with Gasteiger partial charge in [0, 0.05) is 0 Å². The second-order valence-corrected chi connectivity index (χ2v) is 3.65. The van der Waals surface area contributed by atoms with Gasteiger partial charge in [0.2, 0.25) is 0 Å². The summed E-state index contributed by atoms with van der Waals surface area (Å²) in [5.74, 6) is -0.0350. The summed E-state index contributed by atoms with van der Waals surface area (Å²) in [5.41, 5.74) is 1.56. The summed E-state index contributed by atoms with van der Waals surface area (Å²) >= 11 is 0. The summed E-state index contributed by atoms with van der Waals surface area (Å²) in [6.45, 7) is 4.32. The van der Waals surface area contributed by atoms with Crippen LogP contribution in [0.25, 0.3) is 5.69 Å². The highest BCUT2D eigenvalue weighted by molar-refractivity contribution is 5.47. The zero-order valence-corrected chi connectivity index (χ0v) is 10.5. The minimum absolute atomic E-state index is 0.0805. The highest BCUT2D eigenvalue weighted by Crippen LogP contribution is 2.23. The standard InChI is InChI=1S/C12H14N2O4/c1-4-17-10-7-8(2)5-6-9(10)14-12(15)18-11(13-14)16-3/h5-7H,4H2,1-3H3. The van der Waals surface area contributed by atoms with E-state index in [1.807, 2.05) is 26.0 Å². The lowest BCUT2D eigenvalue weighted by molar-refractivity contribution is 0.282. The van der Waals surface area contributed by atoms with Gasteiger partial charge in [-0.15, -0.1) is 0 Å². The van der Waals surface area contributed by atoms with Crippen molar-refractivity contribution in [3.63, 3.8) is 0 Å². The van der Waals surface area contributed by atoms with Crippen molar-refractivity contribution in [3.05, 3.63) is 34.3 Å². The summed E-state index contributed by atoms with van der Waals surface area (Å²) in [5, 5.41) is 3.91. The first-order valence-corrected chi connectivity index (χ1v) is 5.53. The molecule has 0 radical (unpaired) electrons. The van der Waals surface area contributed by atoms with Gasteiger partial charge in [-0.05, 0) is 31.5 Å². The maximum absolute atomic E-state index is 11.6. The fourth-order valence-electron chi connectivity index (χ4n) is 1.56. The summed E-state index contributed by atoms with van der Waals surface area (Å²) in [6, 6.07) is 5.46. The van der Waals surface area contributed by atoms with Gasteiger partial charge in [0.25, 0.3) is 0 Å². The summed E-state index contributed by atoms with van der Waals surface area (Å²) in [6.07, 6.45) is -0.0805. The number of aromatic nitrogens is 2. The van der Waals surface area contributed by atoms with Crippen LogP contribution >= 0.6 is 0 Å². The van der Waals surface area contributed by atoms with E-state index < -0.39 is 5.76 Å². The number of methoxy groups -OCH3 is 1. The van der Waals surface area contributed by atoms with Gasteiger partial charge in [-0.25, -0.2) is 4.79 Å². The lowest BCUT2D eigenvalue weighted by Gasteiger charge is -2.09. The van der Waals surface area contributed by atoms with E-state index in [9.17, 15) is 4.79 Å². The van der Waals surface area contributed by atoms with Gasteiger partial charge in [0.1, 0.15) is 11.4 Å². The van der Waals surface area contributed by atoms with Crippen LogP contribution in [0, 0.1) is 6.92 Å². The number of ether oxygens (including phenoxy) is 2. The summed E-state index contributed by atoms with van der Waals surface area (Å²) < 4.78 is 16.2. The first-order chi connectivity index (χ1) is 8.65. The molecule has 0 atom stereocenters. The van der Waals surface area contributed by atoms with Crippen LogP contribution in [-0.4, -0.2) is 23.5 Å². The van der Waals surface area contributed by atoms with E-state index in [1.165, 1.54) is 7.11 Å². The molecular weight excluding hydrogens is 236 g/mol. The van der Waals surface area contributed by atoms with Crippen LogP contribution in [0.5, 0.6) is 11.8 Å². The molecule has 0 amide bonds. The minimum atomic E-state index is -0.614. The average Bonchev–Trinajstić information content (AvgIpc) is 2.71. The van der Waals surface area contributed by atoms with E-state index in [0.29, 0.717) is 18.0 Å². The second kappa shape index (κ2) is 4.95. The first kappa shape index (κ1) is 12.2. The summed E-state index contributed by atoms with van der Waals surface area (Å²) in [4.78, 5) is 11.6. The van der Waals surface area contributed by atoms with E-state index in [0.717, 1.165) is 10.2 Å². The van der Waals surface area contributed by atoms with Gasteiger partial charge in [-0.1, -0.05) is 11.2 Å². The van der Waals surface area contributed by atoms with Crippen molar-refractivity contribution in [3.8, 4) is 17.5 Å². The Morgan fingerprint density at radius 3 is 2.83 bits per heavy atom. The van der Waals surface area contributed by atoms with Crippen LogP contribution in [-0.2, 0) is 0 Å². The number of hydrogen-bond acceptors (Lipinski definition) is 5. The Morgan fingerprint density at radius 2 is 2.22 bits per heavy atom. The molecule has 6 nitrogen and oxygen atoms in total. The summed E-state index contributed by atoms with van der Waals surface area (Å²) in [7, 11) is 1.38. The Balaban J connectivity index is 2.55. The maximum atomic E-state index is 11.6. The molecule has 96 valence electrons. The number of rotatable bonds is 4. The van der Waals surface area contributed by atoms with Gasteiger partial charge >= 0.3 is 11.8 Å². The second-order valence-electron chi connectivity index (χ2n) is 3.65. The molecule has 2 rings (SSSR count). The molecule has 0 aliphatic rings. The smallest absolute Gasteiger partial charge is 0.444 e. The van der Waals surface area contributed by atoms with Crippen molar-refractivity contribution in [1.29, 1.82) is 0 Å². The van der Waals surface area contributed by atoms with Crippen molar-refractivity contribution in [2.45, 2.75) is 13.8 Å². The van der Waals surface area contributed by atoms with Gasteiger partial charge in [-0.3, -0.25) is 0 Å². The predicted molar refractivity (Wildman–Crippen MR) is 64.6 cm³/mol.